The van der Waals surface area contributed by atoms with Crippen LogP contribution in [0.3, 0.4) is 0 Å². The predicted molar refractivity (Wildman–Crippen MR) is 103 cm³/mol. The molecule has 29 heavy (non-hydrogen) atoms. The molecule has 1 spiro atoms. The van der Waals surface area contributed by atoms with Crippen LogP contribution < -0.4 is 0 Å². The van der Waals surface area contributed by atoms with Crippen LogP contribution in [0.4, 0.5) is 0 Å². The van der Waals surface area contributed by atoms with E-state index < -0.39 is 0 Å². The van der Waals surface area contributed by atoms with Crippen molar-refractivity contribution in [3.63, 3.8) is 0 Å². The number of ether oxygens (including phenoxy) is 2. The van der Waals surface area contributed by atoms with Crippen molar-refractivity contribution in [1.29, 1.82) is 0 Å². The molecule has 158 valence electrons. The number of methoxy groups -OCH3 is 1. The smallest absolute Gasteiger partial charge is 0.257 e. The van der Waals surface area contributed by atoms with Crippen molar-refractivity contribution in [2.24, 2.45) is 13.0 Å². The van der Waals surface area contributed by atoms with Gasteiger partial charge in [0.25, 0.3) is 11.8 Å². The lowest BCUT2D eigenvalue weighted by molar-refractivity contribution is -0.123. The lowest BCUT2D eigenvalue weighted by atomic mass is 9.78. The molecule has 2 aromatic heterocycles. The number of nitrogens with zero attached hydrogens (tertiary/aromatic N) is 5. The van der Waals surface area contributed by atoms with Crippen molar-refractivity contribution in [3.8, 4) is 0 Å². The van der Waals surface area contributed by atoms with Gasteiger partial charge in [0, 0.05) is 46.0 Å². The number of aromatic nitrogens is 4. The molecule has 1 atom stereocenters. The maximum Gasteiger partial charge on any atom is 0.257 e. The van der Waals surface area contributed by atoms with Crippen LogP contribution in [0.2, 0.25) is 0 Å². The zero-order valence-electron chi connectivity index (χ0n) is 17.4. The van der Waals surface area contributed by atoms with E-state index in [-0.39, 0.29) is 11.5 Å². The van der Waals surface area contributed by atoms with Crippen LogP contribution in [-0.2, 0) is 29.5 Å². The summed E-state index contributed by atoms with van der Waals surface area (Å²) < 4.78 is 18.2. The molecule has 4 heterocycles. The monoisotopic (exact) mass is 403 g/mol. The van der Waals surface area contributed by atoms with Gasteiger partial charge in [0.2, 0.25) is 0 Å². The Balaban J connectivity index is 1.34. The lowest BCUT2D eigenvalue weighted by Gasteiger charge is -2.46. The van der Waals surface area contributed by atoms with Gasteiger partial charge in [-0.15, -0.1) is 0 Å². The first-order valence-electron chi connectivity index (χ1n) is 10.2. The van der Waals surface area contributed by atoms with Gasteiger partial charge in [0.05, 0.1) is 17.4 Å². The molecule has 2 aliphatic heterocycles. The van der Waals surface area contributed by atoms with E-state index >= 15 is 0 Å². The zero-order chi connectivity index (χ0) is 20.4. The first-order valence-corrected chi connectivity index (χ1v) is 10.2. The second kappa shape index (κ2) is 8.23. The van der Waals surface area contributed by atoms with Crippen molar-refractivity contribution >= 4 is 5.91 Å². The number of aryl methyl sites for hydroxylation is 1. The van der Waals surface area contributed by atoms with Gasteiger partial charge in [-0.05, 0) is 38.5 Å². The largest absolute Gasteiger partial charge is 0.375 e. The summed E-state index contributed by atoms with van der Waals surface area (Å²) in [6.07, 6.45) is 6.13. The van der Waals surface area contributed by atoms with E-state index in [1.54, 1.807) is 18.0 Å². The maximum atomic E-state index is 12.9. The highest BCUT2D eigenvalue weighted by Gasteiger charge is 2.41. The van der Waals surface area contributed by atoms with E-state index in [0.717, 1.165) is 50.2 Å². The second-order valence-electron chi connectivity index (χ2n) is 8.19. The molecule has 1 unspecified atom stereocenters. The van der Waals surface area contributed by atoms with Crippen LogP contribution in [0.1, 0.15) is 53.5 Å². The number of carbonyl (C=O) groups excluding carboxylic acids is 1. The Labute approximate surface area is 170 Å². The van der Waals surface area contributed by atoms with Crippen molar-refractivity contribution in [3.05, 3.63) is 29.2 Å². The van der Waals surface area contributed by atoms with Gasteiger partial charge < -0.3 is 18.9 Å². The standard InChI is InChI=1S/C20H29N5O4/c1-14-16(12-21-24(14)2)19(26)25-7-5-20(6-8-25)11-15(4-9-28-20)10-17-22-18(13-27-3)29-23-17/h12,15H,4-11,13H2,1-3H3. The van der Waals surface area contributed by atoms with Gasteiger partial charge in [0.15, 0.2) is 5.82 Å². The summed E-state index contributed by atoms with van der Waals surface area (Å²) in [6.45, 7) is 4.42. The predicted octanol–water partition coefficient (Wildman–Crippen LogP) is 1.90. The third-order valence-corrected chi connectivity index (χ3v) is 6.27. The molecule has 9 heteroatoms. The van der Waals surface area contributed by atoms with Crippen LogP contribution in [-0.4, -0.2) is 63.1 Å². The molecule has 2 aromatic rings. The molecule has 9 nitrogen and oxygen atoms in total. The Kier molecular flexibility index (Phi) is 5.69. The van der Waals surface area contributed by atoms with Crippen molar-refractivity contribution in [2.75, 3.05) is 26.8 Å². The number of carbonyl (C=O) groups is 1. The van der Waals surface area contributed by atoms with Crippen LogP contribution in [0.5, 0.6) is 0 Å². The molecular formula is C20H29N5O4. The van der Waals surface area contributed by atoms with Crippen molar-refractivity contribution < 1.29 is 18.8 Å². The quantitative estimate of drug-likeness (QED) is 0.752. The van der Waals surface area contributed by atoms with E-state index in [1.807, 2.05) is 18.9 Å². The van der Waals surface area contributed by atoms with E-state index in [0.29, 0.717) is 37.1 Å². The number of likely N-dealkylation sites (tertiary alicyclic amines) is 1. The van der Waals surface area contributed by atoms with Gasteiger partial charge in [-0.3, -0.25) is 9.48 Å². The van der Waals surface area contributed by atoms with Crippen molar-refractivity contribution in [1.82, 2.24) is 24.8 Å². The molecule has 0 aliphatic carbocycles. The third kappa shape index (κ3) is 4.20. The molecule has 2 fully saturated rings. The fourth-order valence-electron chi connectivity index (χ4n) is 4.46. The van der Waals surface area contributed by atoms with E-state index in [2.05, 4.69) is 15.2 Å². The average Bonchev–Trinajstić information content (AvgIpc) is 3.29. The minimum absolute atomic E-state index is 0.0651. The number of rotatable bonds is 5. The molecule has 2 aliphatic rings. The van der Waals surface area contributed by atoms with Crippen LogP contribution >= 0.6 is 0 Å². The van der Waals surface area contributed by atoms with Crippen LogP contribution in [0.25, 0.3) is 0 Å². The van der Waals surface area contributed by atoms with Gasteiger partial charge in [-0.2, -0.15) is 10.1 Å². The first-order chi connectivity index (χ1) is 14.0. The first kappa shape index (κ1) is 20.0. The highest BCUT2D eigenvalue weighted by atomic mass is 16.5. The maximum absolute atomic E-state index is 12.9. The van der Waals surface area contributed by atoms with E-state index in [4.69, 9.17) is 14.0 Å². The summed E-state index contributed by atoms with van der Waals surface area (Å²) in [5.41, 5.74) is 1.44. The molecule has 0 saturated carbocycles. The lowest BCUT2D eigenvalue weighted by Crippen LogP contribution is -2.51. The molecule has 4 rings (SSSR count). The van der Waals surface area contributed by atoms with Gasteiger partial charge in [0.1, 0.15) is 6.61 Å². The zero-order valence-corrected chi connectivity index (χ0v) is 17.4. The highest BCUT2D eigenvalue weighted by Crippen LogP contribution is 2.39. The molecule has 0 radical (unpaired) electrons. The summed E-state index contributed by atoms with van der Waals surface area (Å²) in [6, 6.07) is 0. The molecular weight excluding hydrogens is 374 g/mol. The SMILES string of the molecule is COCc1nc(CC2CCOC3(CCN(C(=O)c4cnn(C)c4C)CC3)C2)no1. The average molecular weight is 403 g/mol. The summed E-state index contributed by atoms with van der Waals surface area (Å²) in [4.78, 5) is 19.2. The van der Waals surface area contributed by atoms with Crippen molar-refractivity contribution in [2.45, 2.75) is 51.2 Å². The molecule has 0 N–H and O–H groups in total. The van der Waals surface area contributed by atoms with E-state index in [1.165, 1.54) is 0 Å². The topological polar surface area (TPSA) is 95.5 Å². The number of piperidine rings is 1. The second-order valence-corrected chi connectivity index (χ2v) is 8.19. The van der Waals surface area contributed by atoms with Crippen LogP contribution in [0.15, 0.2) is 10.7 Å². The Morgan fingerprint density at radius 1 is 1.38 bits per heavy atom. The number of hydrogen-bond acceptors (Lipinski definition) is 7. The number of amides is 1. The Bertz CT molecular complexity index is 853. The Hall–Kier alpha value is -2.26. The van der Waals surface area contributed by atoms with E-state index in [9.17, 15) is 4.79 Å². The highest BCUT2D eigenvalue weighted by molar-refractivity contribution is 5.95. The minimum Gasteiger partial charge on any atom is -0.375 e. The molecule has 1 amide bonds. The Morgan fingerprint density at radius 2 is 2.17 bits per heavy atom. The summed E-state index contributed by atoms with van der Waals surface area (Å²) in [5, 5.41) is 8.27. The van der Waals surface area contributed by atoms with Gasteiger partial charge in [-0.25, -0.2) is 0 Å². The van der Waals surface area contributed by atoms with Gasteiger partial charge >= 0.3 is 0 Å². The summed E-state index contributed by atoms with van der Waals surface area (Å²) in [7, 11) is 3.47. The Morgan fingerprint density at radius 3 is 2.86 bits per heavy atom. The minimum atomic E-state index is -0.150. The molecule has 0 aromatic carbocycles. The number of hydrogen-bond donors (Lipinski definition) is 0. The molecule has 0 bridgehead atoms. The van der Waals surface area contributed by atoms with Gasteiger partial charge in [-0.1, -0.05) is 5.16 Å². The summed E-state index contributed by atoms with van der Waals surface area (Å²) >= 11 is 0. The fourth-order valence-corrected chi connectivity index (χ4v) is 4.46. The summed E-state index contributed by atoms with van der Waals surface area (Å²) in [5.74, 6) is 1.77. The van der Waals surface area contributed by atoms with Crippen LogP contribution in [0, 0.1) is 12.8 Å². The molecule has 2 saturated heterocycles. The third-order valence-electron chi connectivity index (χ3n) is 6.27. The normalized spacial score (nSPS) is 21.6. The fraction of sp³-hybridized carbons (Fsp3) is 0.700.